The second-order valence-corrected chi connectivity index (χ2v) is 3.56. The van der Waals surface area contributed by atoms with Gasteiger partial charge in [-0.25, -0.2) is 0 Å². The summed E-state index contributed by atoms with van der Waals surface area (Å²) in [5.74, 6) is 0.599. The van der Waals surface area contributed by atoms with Crippen molar-refractivity contribution >= 4 is 5.78 Å². The van der Waals surface area contributed by atoms with Gasteiger partial charge in [0.25, 0.3) is 0 Å². The molecule has 0 amide bonds. The summed E-state index contributed by atoms with van der Waals surface area (Å²) in [4.78, 5) is 10.5. The molecule has 12 heavy (non-hydrogen) atoms. The second-order valence-electron chi connectivity index (χ2n) is 3.56. The zero-order valence-corrected chi connectivity index (χ0v) is 8.24. The molecule has 1 N–H and O–H groups in total. The largest absolute Gasteiger partial charge is 0.389 e. The molecule has 2 unspecified atom stereocenters. The van der Waals surface area contributed by atoms with Crippen LogP contribution in [-0.4, -0.2) is 17.0 Å². The molecule has 0 aromatic heterocycles. The molecule has 70 valence electrons. The van der Waals surface area contributed by atoms with Crippen molar-refractivity contribution in [3.05, 3.63) is 12.2 Å². The van der Waals surface area contributed by atoms with E-state index in [-0.39, 0.29) is 11.7 Å². The van der Waals surface area contributed by atoms with E-state index in [1.807, 2.05) is 6.92 Å². The first-order valence-electron chi connectivity index (χ1n) is 4.32. The number of ketones is 1. The summed E-state index contributed by atoms with van der Waals surface area (Å²) in [7, 11) is 0. The number of allylic oxidation sites excluding steroid dienone is 1. The Labute approximate surface area is 74.3 Å². The molecule has 2 atom stereocenters. The molecule has 0 spiro atoms. The maximum Gasteiger partial charge on any atom is 0.152 e. The molecule has 0 aromatic carbocycles. The molecule has 0 saturated heterocycles. The molecule has 0 rings (SSSR count). The number of hydrogen-bond donors (Lipinski definition) is 1. The molecule has 0 saturated carbocycles. The first-order chi connectivity index (χ1) is 5.45. The van der Waals surface area contributed by atoms with Crippen LogP contribution in [0.2, 0.25) is 0 Å². The zero-order chi connectivity index (χ0) is 9.72. The fourth-order valence-corrected chi connectivity index (χ4v) is 0.804. The number of aliphatic hydroxyl groups is 1. The lowest BCUT2D eigenvalue weighted by atomic mass is 9.92. The summed E-state index contributed by atoms with van der Waals surface area (Å²) in [5.41, 5.74) is 0. The molecule has 0 fully saturated rings. The van der Waals surface area contributed by atoms with E-state index in [2.05, 4.69) is 13.8 Å². The van der Waals surface area contributed by atoms with Gasteiger partial charge in [0.1, 0.15) is 0 Å². The van der Waals surface area contributed by atoms with E-state index in [0.29, 0.717) is 5.92 Å². The van der Waals surface area contributed by atoms with Gasteiger partial charge < -0.3 is 5.11 Å². The van der Waals surface area contributed by atoms with E-state index in [9.17, 15) is 9.90 Å². The van der Waals surface area contributed by atoms with E-state index in [1.165, 1.54) is 13.0 Å². The first kappa shape index (κ1) is 11.4. The Hall–Kier alpha value is -0.630. The van der Waals surface area contributed by atoms with Gasteiger partial charge in [-0.2, -0.15) is 0 Å². The Morgan fingerprint density at radius 3 is 2.17 bits per heavy atom. The topological polar surface area (TPSA) is 37.3 Å². The summed E-state index contributed by atoms with van der Waals surface area (Å²) >= 11 is 0. The molecular weight excluding hydrogens is 152 g/mol. The third kappa shape index (κ3) is 4.29. The van der Waals surface area contributed by atoms with Crippen LogP contribution in [0.4, 0.5) is 0 Å². The third-order valence-corrected chi connectivity index (χ3v) is 2.12. The maximum absolute atomic E-state index is 10.5. The van der Waals surface area contributed by atoms with Crippen molar-refractivity contribution in [2.75, 3.05) is 0 Å². The first-order valence-corrected chi connectivity index (χ1v) is 4.32. The van der Waals surface area contributed by atoms with E-state index in [0.717, 1.165) is 0 Å². The lowest BCUT2D eigenvalue weighted by Gasteiger charge is -2.18. The lowest BCUT2D eigenvalue weighted by molar-refractivity contribution is -0.112. The Kier molecular flexibility index (Phi) is 4.83. The average molecular weight is 170 g/mol. The van der Waals surface area contributed by atoms with Crippen molar-refractivity contribution in [1.82, 2.24) is 0 Å². The second kappa shape index (κ2) is 5.09. The summed E-state index contributed by atoms with van der Waals surface area (Å²) in [6.07, 6.45) is 2.48. The van der Waals surface area contributed by atoms with Crippen molar-refractivity contribution < 1.29 is 9.90 Å². The van der Waals surface area contributed by atoms with E-state index >= 15 is 0 Å². The fourth-order valence-electron chi connectivity index (χ4n) is 0.804. The third-order valence-electron chi connectivity index (χ3n) is 2.12. The van der Waals surface area contributed by atoms with Crippen LogP contribution < -0.4 is 0 Å². The van der Waals surface area contributed by atoms with Crippen molar-refractivity contribution in [1.29, 1.82) is 0 Å². The quantitative estimate of drug-likeness (QED) is 0.653. The van der Waals surface area contributed by atoms with Gasteiger partial charge in [-0.3, -0.25) is 4.79 Å². The average Bonchev–Trinajstić information content (AvgIpc) is 1.98. The number of rotatable bonds is 4. The normalized spacial score (nSPS) is 16.8. The molecule has 0 heterocycles. The van der Waals surface area contributed by atoms with Crippen LogP contribution in [0.3, 0.4) is 0 Å². The molecule has 0 aliphatic carbocycles. The van der Waals surface area contributed by atoms with Crippen molar-refractivity contribution in [3.63, 3.8) is 0 Å². The summed E-state index contributed by atoms with van der Waals surface area (Å²) < 4.78 is 0. The number of aliphatic hydroxyl groups excluding tert-OH is 1. The molecule has 0 radical (unpaired) electrons. The summed E-state index contributed by atoms with van der Waals surface area (Å²) in [6.45, 7) is 7.55. The van der Waals surface area contributed by atoms with Gasteiger partial charge in [-0.15, -0.1) is 0 Å². The van der Waals surface area contributed by atoms with Crippen LogP contribution in [0.5, 0.6) is 0 Å². The van der Waals surface area contributed by atoms with Crippen LogP contribution in [0.25, 0.3) is 0 Å². The van der Waals surface area contributed by atoms with Crippen molar-refractivity contribution in [3.8, 4) is 0 Å². The van der Waals surface area contributed by atoms with Crippen LogP contribution in [0.1, 0.15) is 27.7 Å². The van der Waals surface area contributed by atoms with Crippen LogP contribution in [0.15, 0.2) is 12.2 Å². The molecule has 2 nitrogen and oxygen atoms in total. The maximum atomic E-state index is 10.5. The highest BCUT2D eigenvalue weighted by atomic mass is 16.3. The number of carbonyl (C=O) groups is 1. The Morgan fingerprint density at radius 1 is 1.33 bits per heavy atom. The molecule has 0 aliphatic rings. The lowest BCUT2D eigenvalue weighted by Crippen LogP contribution is -2.20. The smallest absolute Gasteiger partial charge is 0.152 e. The van der Waals surface area contributed by atoms with E-state index < -0.39 is 6.10 Å². The van der Waals surface area contributed by atoms with E-state index in [4.69, 9.17) is 0 Å². The summed E-state index contributed by atoms with van der Waals surface area (Å²) in [6, 6.07) is 0. The Bertz CT molecular complexity index is 171. The van der Waals surface area contributed by atoms with Gasteiger partial charge in [-0.1, -0.05) is 26.8 Å². The minimum atomic E-state index is -0.506. The number of hydrogen-bond acceptors (Lipinski definition) is 2. The predicted octanol–water partition coefficient (Wildman–Crippen LogP) is 1.78. The zero-order valence-electron chi connectivity index (χ0n) is 8.24. The van der Waals surface area contributed by atoms with Crippen LogP contribution in [0, 0.1) is 11.8 Å². The van der Waals surface area contributed by atoms with Gasteiger partial charge in [0, 0.05) is 0 Å². The SMILES string of the molecule is CC(=O)/C=C/C(O)C(C)C(C)C. The highest BCUT2D eigenvalue weighted by Crippen LogP contribution is 2.14. The molecular formula is C10H18O2. The van der Waals surface area contributed by atoms with Gasteiger partial charge >= 0.3 is 0 Å². The van der Waals surface area contributed by atoms with E-state index in [1.54, 1.807) is 6.08 Å². The van der Waals surface area contributed by atoms with Crippen molar-refractivity contribution in [2.24, 2.45) is 11.8 Å². The monoisotopic (exact) mass is 170 g/mol. The Morgan fingerprint density at radius 2 is 1.83 bits per heavy atom. The minimum absolute atomic E-state index is 0.0231. The van der Waals surface area contributed by atoms with Gasteiger partial charge in [0.2, 0.25) is 0 Å². The standard InChI is InChI=1S/C10H18O2/c1-7(2)9(4)10(12)6-5-8(3)11/h5-7,9-10,12H,1-4H3/b6-5+. The molecule has 2 heteroatoms. The van der Waals surface area contributed by atoms with Crippen LogP contribution >= 0.6 is 0 Å². The highest BCUT2D eigenvalue weighted by Gasteiger charge is 2.14. The molecule has 0 aromatic rings. The fraction of sp³-hybridized carbons (Fsp3) is 0.700. The molecule has 0 aliphatic heterocycles. The predicted molar refractivity (Wildman–Crippen MR) is 49.8 cm³/mol. The molecule has 0 bridgehead atoms. The van der Waals surface area contributed by atoms with Crippen molar-refractivity contribution in [2.45, 2.75) is 33.8 Å². The highest BCUT2D eigenvalue weighted by molar-refractivity contribution is 5.87. The number of carbonyl (C=O) groups excluding carboxylic acids is 1. The summed E-state index contributed by atoms with van der Waals surface area (Å²) in [5, 5.41) is 9.50. The van der Waals surface area contributed by atoms with Crippen LogP contribution in [-0.2, 0) is 4.79 Å². The van der Waals surface area contributed by atoms with Gasteiger partial charge in [-0.05, 0) is 24.8 Å². The minimum Gasteiger partial charge on any atom is -0.389 e. The van der Waals surface area contributed by atoms with Gasteiger partial charge in [0.05, 0.1) is 6.10 Å². The Balaban J connectivity index is 4.03. The van der Waals surface area contributed by atoms with Gasteiger partial charge in [0.15, 0.2) is 5.78 Å².